The van der Waals surface area contributed by atoms with Gasteiger partial charge < -0.3 is 15.0 Å². The highest BCUT2D eigenvalue weighted by Gasteiger charge is 2.18. The van der Waals surface area contributed by atoms with Crippen LogP contribution in [-0.4, -0.2) is 4.57 Å². The van der Waals surface area contributed by atoms with Gasteiger partial charge in [-0.15, -0.1) is 11.3 Å². The summed E-state index contributed by atoms with van der Waals surface area (Å²) in [6.07, 6.45) is 0. The van der Waals surface area contributed by atoms with E-state index >= 15 is 0 Å². The topological polar surface area (TPSA) is 40.2 Å². The van der Waals surface area contributed by atoms with Crippen molar-refractivity contribution in [3.05, 3.63) is 151 Å². The highest BCUT2D eigenvalue weighted by molar-refractivity contribution is 7.25. The van der Waals surface area contributed by atoms with Gasteiger partial charge in [0.05, 0.1) is 16.7 Å². The van der Waals surface area contributed by atoms with Gasteiger partial charge in [-0.25, -0.2) is 0 Å². The summed E-state index contributed by atoms with van der Waals surface area (Å²) < 4.78 is 11.3. The molecule has 0 fully saturated rings. The minimum Gasteiger partial charge on any atom is -0.486 e. The number of nitrogens with zero attached hydrogens (tertiary/aromatic N) is 1. The van der Waals surface area contributed by atoms with Gasteiger partial charge in [0.15, 0.2) is 5.75 Å². The molecule has 0 aliphatic heterocycles. The molecule has 45 heavy (non-hydrogen) atoms. The Bertz CT molecular complexity index is 2540. The lowest BCUT2D eigenvalue weighted by Crippen LogP contribution is -2.00. The van der Waals surface area contributed by atoms with Crippen LogP contribution in [0.25, 0.3) is 69.6 Å². The van der Waals surface area contributed by atoms with Gasteiger partial charge in [-0.05, 0) is 64.5 Å². The third-order valence-corrected chi connectivity index (χ3v) is 10.00. The average Bonchev–Trinajstić information content (AvgIpc) is 3.64. The van der Waals surface area contributed by atoms with Crippen molar-refractivity contribution < 1.29 is 4.74 Å². The summed E-state index contributed by atoms with van der Waals surface area (Å²) in [7, 11) is 0. The van der Waals surface area contributed by atoms with Crippen LogP contribution in [0.5, 0.6) is 5.75 Å². The molecule has 2 N–H and O–H groups in total. The number of fused-ring (bicyclic) bond motifs is 8. The van der Waals surface area contributed by atoms with E-state index in [9.17, 15) is 0 Å². The molecule has 0 atom stereocenters. The summed E-state index contributed by atoms with van der Waals surface area (Å²) >= 11 is 1.77. The molecule has 7 aromatic carbocycles. The van der Waals surface area contributed by atoms with Crippen LogP contribution in [0.1, 0.15) is 5.56 Å². The first-order valence-corrected chi connectivity index (χ1v) is 16.0. The molecule has 0 aliphatic rings. The molecule has 0 saturated heterocycles. The monoisotopic (exact) mass is 596 g/mol. The van der Waals surface area contributed by atoms with E-state index in [0.717, 1.165) is 22.4 Å². The zero-order valence-corrected chi connectivity index (χ0v) is 25.2. The normalized spacial score (nSPS) is 11.7. The standard InChI is InChI=1S/C41H28N2OS/c42-35-22-23-38-39(32-15-7-9-17-37(32)45-38)41(35)44-25-26-18-20-28(21-19-26)43-36-16-8-6-13-30(36)34-24-33(27-10-2-1-3-11-27)29-12-4-5-14-31(29)40(34)43/h1-24H,25,42H2. The van der Waals surface area contributed by atoms with E-state index in [0.29, 0.717) is 12.3 Å². The fourth-order valence-corrected chi connectivity index (χ4v) is 7.91. The van der Waals surface area contributed by atoms with Gasteiger partial charge in [0.25, 0.3) is 0 Å². The van der Waals surface area contributed by atoms with Crippen LogP contribution < -0.4 is 10.5 Å². The molecule has 9 aromatic rings. The summed E-state index contributed by atoms with van der Waals surface area (Å²) in [5, 5.41) is 7.27. The van der Waals surface area contributed by atoms with Gasteiger partial charge >= 0.3 is 0 Å². The number of benzene rings is 7. The molecule has 0 amide bonds. The van der Waals surface area contributed by atoms with Gasteiger partial charge in [0.2, 0.25) is 0 Å². The Balaban J connectivity index is 1.15. The van der Waals surface area contributed by atoms with Crippen molar-refractivity contribution in [2.45, 2.75) is 6.61 Å². The van der Waals surface area contributed by atoms with E-state index in [4.69, 9.17) is 10.5 Å². The van der Waals surface area contributed by atoms with Crippen LogP contribution in [0.15, 0.2) is 146 Å². The first-order valence-electron chi connectivity index (χ1n) is 15.2. The van der Waals surface area contributed by atoms with Crippen molar-refractivity contribution in [2.75, 3.05) is 5.73 Å². The summed E-state index contributed by atoms with van der Waals surface area (Å²) in [5.41, 5.74) is 14.2. The molecule has 0 bridgehead atoms. The number of hydrogen-bond donors (Lipinski definition) is 1. The number of ether oxygens (including phenoxy) is 1. The average molecular weight is 597 g/mol. The van der Waals surface area contributed by atoms with Crippen molar-refractivity contribution in [1.82, 2.24) is 4.57 Å². The van der Waals surface area contributed by atoms with Gasteiger partial charge in [0, 0.05) is 42.0 Å². The van der Waals surface area contributed by atoms with Crippen molar-refractivity contribution in [3.8, 4) is 22.6 Å². The maximum Gasteiger partial charge on any atom is 0.151 e. The zero-order valence-electron chi connectivity index (χ0n) is 24.4. The Labute approximate surface area is 264 Å². The molecule has 0 saturated carbocycles. The van der Waals surface area contributed by atoms with Crippen LogP contribution in [0.2, 0.25) is 0 Å². The van der Waals surface area contributed by atoms with Crippen LogP contribution in [0.3, 0.4) is 0 Å². The molecule has 2 heterocycles. The number of nitrogens with two attached hydrogens (primary N) is 1. The molecule has 0 radical (unpaired) electrons. The lowest BCUT2D eigenvalue weighted by molar-refractivity contribution is 0.312. The third kappa shape index (κ3) is 4.10. The number of hydrogen-bond acceptors (Lipinski definition) is 3. The Morgan fingerprint density at radius 1 is 0.578 bits per heavy atom. The minimum absolute atomic E-state index is 0.435. The molecule has 3 nitrogen and oxygen atoms in total. The summed E-state index contributed by atoms with van der Waals surface area (Å²) in [5.74, 6) is 0.761. The second-order valence-electron chi connectivity index (χ2n) is 11.5. The molecule has 4 heteroatoms. The van der Waals surface area contributed by atoms with E-state index in [1.165, 1.54) is 58.5 Å². The predicted octanol–water partition coefficient (Wildman–Crippen LogP) is 11.1. The van der Waals surface area contributed by atoms with E-state index in [2.05, 4.69) is 144 Å². The second-order valence-corrected chi connectivity index (χ2v) is 12.6. The highest BCUT2D eigenvalue weighted by Crippen LogP contribution is 2.43. The Morgan fingerprint density at radius 3 is 2.09 bits per heavy atom. The first-order chi connectivity index (χ1) is 22.2. The van der Waals surface area contributed by atoms with E-state index in [1.807, 2.05) is 6.07 Å². The van der Waals surface area contributed by atoms with Crippen molar-refractivity contribution >= 4 is 69.8 Å². The number of anilines is 1. The van der Waals surface area contributed by atoms with Gasteiger partial charge in [0.1, 0.15) is 6.61 Å². The minimum atomic E-state index is 0.435. The predicted molar refractivity (Wildman–Crippen MR) is 192 cm³/mol. The smallest absolute Gasteiger partial charge is 0.151 e. The fraction of sp³-hybridized carbons (Fsp3) is 0.0244. The second kappa shape index (κ2) is 10.3. The van der Waals surface area contributed by atoms with E-state index in [1.54, 1.807) is 11.3 Å². The zero-order chi connectivity index (χ0) is 29.9. The van der Waals surface area contributed by atoms with Crippen molar-refractivity contribution in [1.29, 1.82) is 0 Å². The fourth-order valence-electron chi connectivity index (χ4n) is 6.80. The lowest BCUT2D eigenvalue weighted by Gasteiger charge is -2.14. The SMILES string of the molecule is Nc1ccc2sc3ccccc3c2c1OCc1ccc(-n2c3ccccc3c3cc(-c4ccccc4)c4ccccc4c32)cc1. The van der Waals surface area contributed by atoms with Crippen LogP contribution in [0, 0.1) is 0 Å². The summed E-state index contributed by atoms with van der Waals surface area (Å²) in [6.45, 7) is 0.435. The molecule has 0 aliphatic carbocycles. The molecule has 0 spiro atoms. The summed E-state index contributed by atoms with van der Waals surface area (Å²) in [6, 6.07) is 51.8. The largest absolute Gasteiger partial charge is 0.486 e. The summed E-state index contributed by atoms with van der Waals surface area (Å²) in [4.78, 5) is 0. The molecule has 0 unspecified atom stereocenters. The maximum absolute atomic E-state index is 6.46. The molecule has 9 rings (SSSR count). The number of para-hydroxylation sites is 1. The Morgan fingerprint density at radius 2 is 1.27 bits per heavy atom. The van der Waals surface area contributed by atoms with Crippen molar-refractivity contribution in [3.63, 3.8) is 0 Å². The Hall–Kier alpha value is -5.58. The van der Waals surface area contributed by atoms with E-state index < -0.39 is 0 Å². The lowest BCUT2D eigenvalue weighted by atomic mass is 9.95. The van der Waals surface area contributed by atoms with E-state index in [-0.39, 0.29) is 0 Å². The molecular weight excluding hydrogens is 569 g/mol. The van der Waals surface area contributed by atoms with Crippen LogP contribution in [-0.2, 0) is 6.61 Å². The molecule has 2 aromatic heterocycles. The van der Waals surface area contributed by atoms with Gasteiger partial charge in [-0.2, -0.15) is 0 Å². The third-order valence-electron chi connectivity index (χ3n) is 8.86. The number of nitrogen functional groups attached to an aromatic ring is 1. The molecule has 214 valence electrons. The van der Waals surface area contributed by atoms with Crippen LogP contribution >= 0.6 is 11.3 Å². The highest BCUT2D eigenvalue weighted by atomic mass is 32.1. The van der Waals surface area contributed by atoms with Gasteiger partial charge in [-0.3, -0.25) is 0 Å². The molecular formula is C41H28N2OS. The van der Waals surface area contributed by atoms with Crippen LogP contribution in [0.4, 0.5) is 5.69 Å². The Kier molecular flexibility index (Phi) is 5.90. The number of thiophene rings is 1. The maximum atomic E-state index is 6.46. The van der Waals surface area contributed by atoms with Gasteiger partial charge in [-0.1, -0.05) is 103 Å². The van der Waals surface area contributed by atoms with Crippen molar-refractivity contribution in [2.24, 2.45) is 0 Å². The number of aromatic nitrogens is 1. The quantitative estimate of drug-likeness (QED) is 0.201. The first kappa shape index (κ1) is 25.9. The number of rotatable bonds is 5.